The van der Waals surface area contributed by atoms with Crippen LogP contribution in [0.2, 0.25) is 0 Å². The Hall–Kier alpha value is -2.77. The number of benzene rings is 2. The maximum absolute atomic E-state index is 9.00. The van der Waals surface area contributed by atoms with Gasteiger partial charge in [-0.05, 0) is 29.9 Å². The minimum Gasteiger partial charge on any atom is -0.395 e. The van der Waals surface area contributed by atoms with E-state index >= 15 is 0 Å². The molecule has 3 rings (SSSR count). The summed E-state index contributed by atoms with van der Waals surface area (Å²) >= 11 is 5.27. The molecule has 2 aromatic carbocycles. The molecule has 6 nitrogen and oxygen atoms in total. The van der Waals surface area contributed by atoms with Gasteiger partial charge in [0.2, 0.25) is 4.77 Å². The van der Waals surface area contributed by atoms with Gasteiger partial charge in [0.1, 0.15) is 0 Å². The summed E-state index contributed by atoms with van der Waals surface area (Å²) in [4.78, 5) is 1.99. The summed E-state index contributed by atoms with van der Waals surface area (Å²) in [7, 11) is 1.94. The topological polar surface area (TPSA) is 69.4 Å². The van der Waals surface area contributed by atoms with Gasteiger partial charge in [-0.2, -0.15) is 14.9 Å². The number of aromatic amines is 1. The Bertz CT molecular complexity index is 899. The van der Waals surface area contributed by atoms with Crippen molar-refractivity contribution >= 4 is 24.1 Å². The van der Waals surface area contributed by atoms with E-state index in [0.29, 0.717) is 17.1 Å². The second-order valence-corrected chi connectivity index (χ2v) is 5.90. The van der Waals surface area contributed by atoms with Crippen LogP contribution < -0.4 is 4.90 Å². The molecular weight excluding hydrogens is 334 g/mol. The second-order valence-electron chi connectivity index (χ2n) is 5.51. The molecule has 0 bridgehead atoms. The fourth-order valence-electron chi connectivity index (χ4n) is 2.39. The third kappa shape index (κ3) is 4.01. The summed E-state index contributed by atoms with van der Waals surface area (Å²) in [5.41, 5.74) is 2.92. The first-order valence-corrected chi connectivity index (χ1v) is 8.29. The zero-order chi connectivity index (χ0) is 17.6. The molecular formula is C18H19N5OS. The number of nitrogens with zero attached hydrogens (tertiary/aromatic N) is 4. The molecule has 0 saturated heterocycles. The minimum atomic E-state index is 0.126. The van der Waals surface area contributed by atoms with Gasteiger partial charge in [0.25, 0.3) is 0 Å². The number of likely N-dealkylation sites (N-methyl/N-ethyl adjacent to an activating group) is 1. The van der Waals surface area contributed by atoms with E-state index < -0.39 is 0 Å². The number of aromatic nitrogens is 3. The van der Waals surface area contributed by atoms with Crippen LogP contribution >= 0.6 is 12.2 Å². The zero-order valence-electron chi connectivity index (χ0n) is 13.8. The average Bonchev–Trinajstić information content (AvgIpc) is 3.02. The molecule has 128 valence electrons. The number of aliphatic hydroxyl groups is 1. The fourth-order valence-corrected chi connectivity index (χ4v) is 2.57. The van der Waals surface area contributed by atoms with Gasteiger partial charge in [-0.1, -0.05) is 42.5 Å². The monoisotopic (exact) mass is 353 g/mol. The normalized spacial score (nSPS) is 11.1. The Kier molecular flexibility index (Phi) is 5.37. The zero-order valence-corrected chi connectivity index (χ0v) is 14.6. The molecule has 1 aromatic heterocycles. The first-order chi connectivity index (χ1) is 12.2. The molecule has 1 heterocycles. The molecule has 25 heavy (non-hydrogen) atoms. The lowest BCUT2D eigenvalue weighted by atomic mass is 10.2. The Morgan fingerprint density at radius 2 is 1.92 bits per heavy atom. The highest BCUT2D eigenvalue weighted by molar-refractivity contribution is 7.71. The van der Waals surface area contributed by atoms with Gasteiger partial charge in [0.15, 0.2) is 5.82 Å². The van der Waals surface area contributed by atoms with Gasteiger partial charge in [0.05, 0.1) is 12.8 Å². The summed E-state index contributed by atoms with van der Waals surface area (Å²) in [6.45, 7) is 0.721. The van der Waals surface area contributed by atoms with Crippen molar-refractivity contribution < 1.29 is 5.11 Å². The van der Waals surface area contributed by atoms with E-state index in [9.17, 15) is 0 Å². The van der Waals surface area contributed by atoms with Crippen LogP contribution in [-0.4, -0.2) is 46.4 Å². The highest BCUT2D eigenvalue weighted by Gasteiger charge is 2.07. The van der Waals surface area contributed by atoms with E-state index in [1.165, 1.54) is 0 Å². The summed E-state index contributed by atoms with van der Waals surface area (Å²) in [6.07, 6.45) is 1.74. The van der Waals surface area contributed by atoms with Crippen molar-refractivity contribution in [1.82, 2.24) is 14.9 Å². The summed E-state index contributed by atoms with van der Waals surface area (Å²) in [6, 6.07) is 17.7. The maximum atomic E-state index is 9.00. The fraction of sp³-hybridized carbons (Fsp3) is 0.167. The molecule has 0 radical (unpaired) electrons. The van der Waals surface area contributed by atoms with E-state index in [-0.39, 0.29) is 6.61 Å². The second kappa shape index (κ2) is 7.87. The van der Waals surface area contributed by atoms with Crippen LogP contribution in [-0.2, 0) is 0 Å². The van der Waals surface area contributed by atoms with Crippen LogP contribution in [0.5, 0.6) is 0 Å². The molecule has 0 aliphatic rings. The van der Waals surface area contributed by atoms with E-state index in [1.54, 1.807) is 10.9 Å². The number of rotatable bonds is 6. The van der Waals surface area contributed by atoms with Gasteiger partial charge in [-0.3, -0.25) is 0 Å². The summed E-state index contributed by atoms with van der Waals surface area (Å²) < 4.78 is 2.05. The third-order valence-corrected chi connectivity index (χ3v) is 4.04. The van der Waals surface area contributed by atoms with Crippen molar-refractivity contribution in [3.05, 3.63) is 64.9 Å². The smallest absolute Gasteiger partial charge is 0.216 e. The van der Waals surface area contributed by atoms with Gasteiger partial charge < -0.3 is 10.0 Å². The third-order valence-electron chi connectivity index (χ3n) is 3.77. The number of hydrogen-bond donors (Lipinski definition) is 2. The van der Waals surface area contributed by atoms with Crippen molar-refractivity contribution in [1.29, 1.82) is 0 Å². The highest BCUT2D eigenvalue weighted by atomic mass is 32.1. The molecule has 0 amide bonds. The van der Waals surface area contributed by atoms with Gasteiger partial charge >= 0.3 is 0 Å². The maximum Gasteiger partial charge on any atom is 0.216 e. The molecule has 0 atom stereocenters. The van der Waals surface area contributed by atoms with E-state index in [0.717, 1.165) is 16.8 Å². The number of H-pyrrole nitrogens is 1. The standard InChI is InChI=1S/C18H19N5OS/c1-22(11-12-24)16-9-7-14(8-10-16)13-19-23-17(20-21-18(23)25)15-5-3-2-4-6-15/h2-10,13,24H,11-12H2,1H3,(H,21,25)/b19-13+. The van der Waals surface area contributed by atoms with Gasteiger partial charge in [-0.15, -0.1) is 0 Å². The Morgan fingerprint density at radius 3 is 2.60 bits per heavy atom. The lowest BCUT2D eigenvalue weighted by Crippen LogP contribution is -2.20. The van der Waals surface area contributed by atoms with Crippen molar-refractivity contribution in [2.45, 2.75) is 0 Å². The summed E-state index contributed by atoms with van der Waals surface area (Å²) in [5.74, 6) is 0.668. The Labute approximate surface area is 151 Å². The Morgan fingerprint density at radius 1 is 1.20 bits per heavy atom. The number of aliphatic hydroxyl groups excluding tert-OH is 1. The van der Waals surface area contributed by atoms with E-state index in [4.69, 9.17) is 17.3 Å². The van der Waals surface area contributed by atoms with Crippen LogP contribution in [0.3, 0.4) is 0 Å². The predicted molar refractivity (Wildman–Crippen MR) is 103 cm³/mol. The van der Waals surface area contributed by atoms with Crippen molar-refractivity contribution in [2.24, 2.45) is 5.10 Å². The SMILES string of the molecule is CN(CCO)c1ccc(/C=N/n2c(-c3ccccc3)n[nH]c2=S)cc1. The molecule has 3 aromatic rings. The van der Waals surface area contributed by atoms with Crippen LogP contribution in [0.15, 0.2) is 59.7 Å². The molecule has 0 unspecified atom stereocenters. The van der Waals surface area contributed by atoms with Crippen LogP contribution in [0, 0.1) is 4.77 Å². The molecule has 0 saturated carbocycles. The van der Waals surface area contributed by atoms with Crippen LogP contribution in [0.4, 0.5) is 5.69 Å². The number of anilines is 1. The van der Waals surface area contributed by atoms with Crippen molar-refractivity contribution in [2.75, 3.05) is 25.1 Å². The van der Waals surface area contributed by atoms with Crippen molar-refractivity contribution in [3.8, 4) is 11.4 Å². The van der Waals surface area contributed by atoms with E-state index in [1.807, 2.05) is 66.5 Å². The molecule has 7 heteroatoms. The lowest BCUT2D eigenvalue weighted by molar-refractivity contribution is 0.304. The average molecular weight is 353 g/mol. The molecule has 0 aliphatic carbocycles. The first-order valence-electron chi connectivity index (χ1n) is 7.88. The van der Waals surface area contributed by atoms with E-state index in [2.05, 4.69) is 15.3 Å². The molecule has 2 N–H and O–H groups in total. The largest absolute Gasteiger partial charge is 0.395 e. The number of nitrogens with one attached hydrogen (secondary N) is 1. The number of hydrogen-bond acceptors (Lipinski definition) is 5. The predicted octanol–water partition coefficient (Wildman–Crippen LogP) is 2.92. The highest BCUT2D eigenvalue weighted by Crippen LogP contribution is 2.17. The first kappa shape index (κ1) is 17.1. The minimum absolute atomic E-state index is 0.126. The Balaban J connectivity index is 1.83. The lowest BCUT2D eigenvalue weighted by Gasteiger charge is -2.17. The van der Waals surface area contributed by atoms with Crippen LogP contribution in [0.25, 0.3) is 11.4 Å². The molecule has 0 fully saturated rings. The molecule has 0 aliphatic heterocycles. The summed E-state index contributed by atoms with van der Waals surface area (Å²) in [5, 5.41) is 20.5. The van der Waals surface area contributed by atoms with Gasteiger partial charge in [-0.25, -0.2) is 5.10 Å². The van der Waals surface area contributed by atoms with Gasteiger partial charge in [0, 0.05) is 24.8 Å². The molecule has 0 spiro atoms. The van der Waals surface area contributed by atoms with Crippen LogP contribution in [0.1, 0.15) is 5.56 Å². The quantitative estimate of drug-likeness (QED) is 0.528. The van der Waals surface area contributed by atoms with Crippen molar-refractivity contribution in [3.63, 3.8) is 0 Å².